The highest BCUT2D eigenvalue weighted by atomic mass is 16.5. The summed E-state index contributed by atoms with van der Waals surface area (Å²) < 4.78 is 4.84. The van der Waals surface area contributed by atoms with E-state index in [0.717, 1.165) is 12.1 Å². The summed E-state index contributed by atoms with van der Waals surface area (Å²) in [5, 5.41) is 3.04. The highest BCUT2D eigenvalue weighted by Crippen LogP contribution is 2.10. The number of rotatable bonds is 7. The van der Waals surface area contributed by atoms with Gasteiger partial charge in [0.05, 0.1) is 6.61 Å². The summed E-state index contributed by atoms with van der Waals surface area (Å²) in [6, 6.07) is 8.04. The highest BCUT2D eigenvalue weighted by molar-refractivity contribution is 5.92. The maximum absolute atomic E-state index is 11.1. The van der Waals surface area contributed by atoms with Gasteiger partial charge in [0.15, 0.2) is 5.96 Å². The number of anilines is 1. The first-order valence-corrected chi connectivity index (χ1v) is 6.97. The highest BCUT2D eigenvalue weighted by Gasteiger charge is 2.00. The zero-order valence-corrected chi connectivity index (χ0v) is 12.2. The Labute approximate surface area is 120 Å². The topological polar surface area (TPSA) is 76.7 Å². The molecule has 1 rings (SSSR count). The van der Waals surface area contributed by atoms with Gasteiger partial charge in [-0.2, -0.15) is 0 Å². The molecule has 1 aromatic carbocycles. The Morgan fingerprint density at radius 3 is 2.90 bits per heavy atom. The smallest absolute Gasteiger partial charge is 0.305 e. The fourth-order valence-electron chi connectivity index (χ4n) is 1.71. The van der Waals surface area contributed by atoms with Crippen molar-refractivity contribution in [2.24, 2.45) is 10.7 Å². The van der Waals surface area contributed by atoms with Crippen LogP contribution in [0.2, 0.25) is 0 Å². The van der Waals surface area contributed by atoms with E-state index in [-0.39, 0.29) is 5.97 Å². The quantitative estimate of drug-likeness (QED) is 0.347. The average Bonchev–Trinajstić information content (AvgIpc) is 2.44. The van der Waals surface area contributed by atoms with Crippen molar-refractivity contribution in [1.82, 2.24) is 0 Å². The van der Waals surface area contributed by atoms with Crippen LogP contribution in [0.1, 0.15) is 32.3 Å². The number of carbonyl (C=O) groups is 1. The van der Waals surface area contributed by atoms with Gasteiger partial charge in [-0.05, 0) is 37.5 Å². The molecule has 5 heteroatoms. The minimum atomic E-state index is -0.190. The summed E-state index contributed by atoms with van der Waals surface area (Å²) in [5.41, 5.74) is 7.96. The molecule has 0 aliphatic heterocycles. The molecule has 0 heterocycles. The third-order valence-corrected chi connectivity index (χ3v) is 2.73. The van der Waals surface area contributed by atoms with Gasteiger partial charge in [-0.25, -0.2) is 0 Å². The number of carbonyl (C=O) groups excluding carboxylic acids is 1. The van der Waals surface area contributed by atoms with E-state index in [1.165, 1.54) is 5.56 Å². The molecule has 0 aliphatic carbocycles. The first-order valence-electron chi connectivity index (χ1n) is 6.97. The van der Waals surface area contributed by atoms with Crippen molar-refractivity contribution in [3.05, 3.63) is 29.8 Å². The molecule has 0 saturated heterocycles. The zero-order chi connectivity index (χ0) is 14.8. The molecular weight excluding hydrogens is 254 g/mol. The average molecular weight is 277 g/mol. The molecule has 0 amide bonds. The van der Waals surface area contributed by atoms with Crippen LogP contribution in [0.15, 0.2) is 29.3 Å². The third-order valence-electron chi connectivity index (χ3n) is 2.73. The van der Waals surface area contributed by atoms with E-state index >= 15 is 0 Å². The molecule has 0 aromatic heterocycles. The predicted octanol–water partition coefficient (Wildman–Crippen LogP) is 2.32. The second kappa shape index (κ2) is 8.96. The van der Waals surface area contributed by atoms with Gasteiger partial charge in [0, 0.05) is 18.7 Å². The number of aryl methyl sites for hydroxylation is 1. The van der Waals surface area contributed by atoms with Crippen LogP contribution < -0.4 is 11.1 Å². The fraction of sp³-hybridized carbons (Fsp3) is 0.467. The fourth-order valence-corrected chi connectivity index (χ4v) is 1.71. The SMILES string of the molecule is CCOC(=O)CCCN=C(N)Nc1cccc(CC)c1. The molecule has 0 unspecified atom stereocenters. The van der Waals surface area contributed by atoms with E-state index in [1.54, 1.807) is 6.92 Å². The zero-order valence-electron chi connectivity index (χ0n) is 12.2. The minimum Gasteiger partial charge on any atom is -0.466 e. The van der Waals surface area contributed by atoms with Crippen molar-refractivity contribution in [3.8, 4) is 0 Å². The van der Waals surface area contributed by atoms with Gasteiger partial charge in [0.2, 0.25) is 0 Å². The molecule has 0 aliphatic rings. The molecule has 0 spiro atoms. The summed E-state index contributed by atoms with van der Waals surface area (Å²) in [5.74, 6) is 0.173. The summed E-state index contributed by atoms with van der Waals surface area (Å²) in [6.07, 6.45) is 1.98. The van der Waals surface area contributed by atoms with Gasteiger partial charge in [0.25, 0.3) is 0 Å². The van der Waals surface area contributed by atoms with E-state index in [4.69, 9.17) is 10.5 Å². The maximum Gasteiger partial charge on any atom is 0.305 e. The van der Waals surface area contributed by atoms with E-state index in [0.29, 0.717) is 32.0 Å². The lowest BCUT2D eigenvalue weighted by Crippen LogP contribution is -2.23. The van der Waals surface area contributed by atoms with Crippen LogP contribution in [0, 0.1) is 0 Å². The molecule has 0 radical (unpaired) electrons. The molecular formula is C15H23N3O2. The van der Waals surface area contributed by atoms with Crippen molar-refractivity contribution in [2.45, 2.75) is 33.1 Å². The molecule has 0 fully saturated rings. The molecule has 0 atom stereocenters. The molecule has 3 N–H and O–H groups in total. The Morgan fingerprint density at radius 1 is 1.40 bits per heavy atom. The van der Waals surface area contributed by atoms with Crippen LogP contribution in [-0.4, -0.2) is 25.1 Å². The molecule has 110 valence electrons. The second-order valence-corrected chi connectivity index (χ2v) is 4.35. The van der Waals surface area contributed by atoms with E-state index < -0.39 is 0 Å². The number of ether oxygens (including phenoxy) is 1. The van der Waals surface area contributed by atoms with Crippen LogP contribution in [0.3, 0.4) is 0 Å². The standard InChI is InChI=1S/C15H23N3O2/c1-3-12-7-5-8-13(11-12)18-15(16)17-10-6-9-14(19)20-4-2/h5,7-8,11H,3-4,6,9-10H2,1-2H3,(H3,16,17,18). The summed E-state index contributed by atoms with van der Waals surface area (Å²) in [6.45, 7) is 4.82. The van der Waals surface area contributed by atoms with Gasteiger partial charge >= 0.3 is 5.97 Å². The lowest BCUT2D eigenvalue weighted by atomic mass is 10.1. The number of benzene rings is 1. The van der Waals surface area contributed by atoms with Gasteiger partial charge in [-0.1, -0.05) is 19.1 Å². The van der Waals surface area contributed by atoms with E-state index in [9.17, 15) is 4.79 Å². The molecule has 0 bridgehead atoms. The number of hydrogen-bond acceptors (Lipinski definition) is 3. The molecule has 0 saturated carbocycles. The summed E-state index contributed by atoms with van der Waals surface area (Å²) in [4.78, 5) is 15.3. The molecule has 1 aromatic rings. The van der Waals surface area contributed by atoms with Gasteiger partial charge in [-0.3, -0.25) is 9.79 Å². The monoisotopic (exact) mass is 277 g/mol. The number of hydrogen-bond donors (Lipinski definition) is 2. The number of esters is 1. The summed E-state index contributed by atoms with van der Waals surface area (Å²) in [7, 11) is 0. The lowest BCUT2D eigenvalue weighted by Gasteiger charge is -2.07. The normalized spacial score (nSPS) is 11.2. The Balaban J connectivity index is 2.36. The van der Waals surface area contributed by atoms with Crippen LogP contribution >= 0.6 is 0 Å². The van der Waals surface area contributed by atoms with Crippen molar-refractivity contribution in [1.29, 1.82) is 0 Å². The third kappa shape index (κ3) is 6.22. The van der Waals surface area contributed by atoms with E-state index in [2.05, 4.69) is 23.3 Å². The predicted molar refractivity (Wildman–Crippen MR) is 81.8 cm³/mol. The van der Waals surface area contributed by atoms with Gasteiger partial charge in [0.1, 0.15) is 0 Å². The Kier molecular flexibility index (Phi) is 7.17. The van der Waals surface area contributed by atoms with Crippen molar-refractivity contribution >= 4 is 17.6 Å². The Hall–Kier alpha value is -2.04. The first-order chi connectivity index (χ1) is 9.65. The number of nitrogens with one attached hydrogen (secondary N) is 1. The molecule has 20 heavy (non-hydrogen) atoms. The van der Waals surface area contributed by atoms with Crippen LogP contribution in [0.4, 0.5) is 5.69 Å². The van der Waals surface area contributed by atoms with Gasteiger partial charge < -0.3 is 15.8 Å². The Bertz CT molecular complexity index is 458. The van der Waals surface area contributed by atoms with E-state index in [1.807, 2.05) is 18.2 Å². The Morgan fingerprint density at radius 2 is 2.20 bits per heavy atom. The van der Waals surface area contributed by atoms with Crippen LogP contribution in [0.25, 0.3) is 0 Å². The largest absolute Gasteiger partial charge is 0.466 e. The van der Waals surface area contributed by atoms with Crippen LogP contribution in [-0.2, 0) is 16.0 Å². The summed E-state index contributed by atoms with van der Waals surface area (Å²) >= 11 is 0. The minimum absolute atomic E-state index is 0.190. The number of nitrogens with zero attached hydrogens (tertiary/aromatic N) is 1. The maximum atomic E-state index is 11.1. The van der Waals surface area contributed by atoms with Crippen molar-refractivity contribution in [2.75, 3.05) is 18.5 Å². The van der Waals surface area contributed by atoms with Gasteiger partial charge in [-0.15, -0.1) is 0 Å². The van der Waals surface area contributed by atoms with Crippen LogP contribution in [0.5, 0.6) is 0 Å². The van der Waals surface area contributed by atoms with Crippen molar-refractivity contribution in [3.63, 3.8) is 0 Å². The number of nitrogens with two attached hydrogens (primary N) is 1. The molecule has 5 nitrogen and oxygen atoms in total. The second-order valence-electron chi connectivity index (χ2n) is 4.35. The number of guanidine groups is 1. The first kappa shape index (κ1) is 16.0. The lowest BCUT2D eigenvalue weighted by molar-refractivity contribution is -0.143. The van der Waals surface area contributed by atoms with Crippen molar-refractivity contribution < 1.29 is 9.53 Å². The number of aliphatic imine (C=N–C) groups is 1.